The van der Waals surface area contributed by atoms with Gasteiger partial charge in [-0.2, -0.15) is 13.5 Å². The zero-order valence-electron chi connectivity index (χ0n) is 7.77. The van der Waals surface area contributed by atoms with E-state index < -0.39 is 15.5 Å². The molecule has 0 radical (unpaired) electrons. The number of hydrogen-bond acceptors (Lipinski definition) is 3. The van der Waals surface area contributed by atoms with Crippen molar-refractivity contribution >= 4 is 10.2 Å². The largest absolute Gasteiger partial charge is 0.309 e. The van der Waals surface area contributed by atoms with Crippen LogP contribution in [0.2, 0.25) is 0 Å². The van der Waals surface area contributed by atoms with Crippen LogP contribution in [0.5, 0.6) is 0 Å². The van der Waals surface area contributed by atoms with Crippen LogP contribution in [-0.4, -0.2) is 18.2 Å². The molecule has 0 fully saturated rings. The average molecular weight is 218 g/mol. The van der Waals surface area contributed by atoms with Crippen molar-refractivity contribution in [1.29, 1.82) is 0 Å². The number of aryl methyl sites for hydroxylation is 1. The summed E-state index contributed by atoms with van der Waals surface area (Å²) in [5.41, 5.74) is 1.36. The van der Waals surface area contributed by atoms with Gasteiger partial charge in [0.2, 0.25) is 0 Å². The van der Waals surface area contributed by atoms with E-state index in [4.69, 9.17) is 0 Å². The molecule has 1 unspecified atom stereocenters. The first-order chi connectivity index (χ1) is 6.50. The number of fused-ring (bicyclic) bond motifs is 1. The second-order valence-corrected chi connectivity index (χ2v) is 5.05. The van der Waals surface area contributed by atoms with Gasteiger partial charge in [-0.15, -0.1) is 3.89 Å². The Hall–Kier alpha value is -0.910. The van der Waals surface area contributed by atoms with Gasteiger partial charge in [0.05, 0.1) is 6.20 Å². The minimum absolute atomic E-state index is 0.359. The summed E-state index contributed by atoms with van der Waals surface area (Å²) in [5, 5.41) is 2.95. The fraction of sp³-hybridized carbons (Fsp3) is 0.625. The van der Waals surface area contributed by atoms with Crippen molar-refractivity contribution < 1.29 is 12.3 Å². The standard InChI is InChI=1S/C8H11FN2O2S/c1-11-7-3-2-4-8(14(9,12)13)6(7)5-10-11/h5,8H,2-4H2,1H3. The Labute approximate surface area is 81.9 Å². The predicted molar refractivity (Wildman–Crippen MR) is 48.9 cm³/mol. The summed E-state index contributed by atoms with van der Waals surface area (Å²) >= 11 is 0. The normalized spacial score (nSPS) is 22.0. The van der Waals surface area contributed by atoms with Crippen LogP contribution < -0.4 is 0 Å². The molecular formula is C8H11FN2O2S. The molecule has 0 spiro atoms. The molecule has 0 N–H and O–H groups in total. The van der Waals surface area contributed by atoms with Crippen molar-refractivity contribution in [3.05, 3.63) is 17.5 Å². The van der Waals surface area contributed by atoms with Crippen LogP contribution in [-0.2, 0) is 23.7 Å². The summed E-state index contributed by atoms with van der Waals surface area (Å²) in [6.07, 6.45) is 3.28. The van der Waals surface area contributed by atoms with E-state index in [1.807, 2.05) is 0 Å². The molecule has 0 amide bonds. The van der Waals surface area contributed by atoms with Gasteiger partial charge >= 0.3 is 10.2 Å². The van der Waals surface area contributed by atoms with Gasteiger partial charge in [-0.3, -0.25) is 4.68 Å². The van der Waals surface area contributed by atoms with Crippen molar-refractivity contribution in [2.24, 2.45) is 7.05 Å². The van der Waals surface area contributed by atoms with Crippen LogP contribution in [0.3, 0.4) is 0 Å². The van der Waals surface area contributed by atoms with Gasteiger partial charge in [-0.1, -0.05) is 0 Å². The third-order valence-electron chi connectivity index (χ3n) is 2.66. The molecule has 1 aliphatic rings. The average Bonchev–Trinajstić information content (AvgIpc) is 2.46. The summed E-state index contributed by atoms with van der Waals surface area (Å²) in [6, 6.07) is 0. The molecule has 78 valence electrons. The number of hydrogen-bond donors (Lipinski definition) is 0. The zero-order valence-corrected chi connectivity index (χ0v) is 8.59. The van der Waals surface area contributed by atoms with E-state index in [0.29, 0.717) is 18.4 Å². The van der Waals surface area contributed by atoms with E-state index in [2.05, 4.69) is 5.10 Å². The molecule has 14 heavy (non-hydrogen) atoms. The van der Waals surface area contributed by atoms with Gasteiger partial charge in [-0.25, -0.2) is 0 Å². The molecule has 0 aliphatic heterocycles. The fourth-order valence-electron chi connectivity index (χ4n) is 1.96. The summed E-state index contributed by atoms with van der Waals surface area (Å²) in [7, 11) is -2.74. The van der Waals surface area contributed by atoms with Crippen LogP contribution >= 0.6 is 0 Å². The van der Waals surface area contributed by atoms with Gasteiger partial charge in [0.1, 0.15) is 5.25 Å². The molecule has 1 atom stereocenters. The van der Waals surface area contributed by atoms with Crippen LogP contribution in [0.25, 0.3) is 0 Å². The van der Waals surface area contributed by atoms with Gasteiger partial charge < -0.3 is 0 Å². The van der Waals surface area contributed by atoms with E-state index in [9.17, 15) is 12.3 Å². The third kappa shape index (κ3) is 1.43. The summed E-state index contributed by atoms with van der Waals surface area (Å²) in [5.74, 6) is 0. The monoisotopic (exact) mass is 218 g/mol. The molecular weight excluding hydrogens is 207 g/mol. The van der Waals surface area contributed by atoms with Crippen molar-refractivity contribution in [3.8, 4) is 0 Å². The first-order valence-corrected chi connectivity index (χ1v) is 5.89. The molecule has 0 bridgehead atoms. The first-order valence-electron chi connectivity index (χ1n) is 4.44. The maximum absolute atomic E-state index is 12.9. The third-order valence-corrected chi connectivity index (χ3v) is 3.83. The number of halogens is 1. The molecule has 0 saturated carbocycles. The van der Waals surface area contributed by atoms with Crippen LogP contribution in [0.1, 0.15) is 29.3 Å². The lowest BCUT2D eigenvalue weighted by Crippen LogP contribution is -2.16. The minimum Gasteiger partial charge on any atom is -0.272 e. The molecule has 1 heterocycles. The Morgan fingerprint density at radius 1 is 1.64 bits per heavy atom. The second-order valence-electron chi connectivity index (χ2n) is 3.53. The van der Waals surface area contributed by atoms with Crippen LogP contribution in [0.4, 0.5) is 3.89 Å². The predicted octanol–water partition coefficient (Wildman–Crippen LogP) is 1.10. The Morgan fingerprint density at radius 2 is 2.36 bits per heavy atom. The summed E-state index contributed by atoms with van der Waals surface area (Å²) in [6.45, 7) is 0. The van der Waals surface area contributed by atoms with Crippen molar-refractivity contribution in [2.75, 3.05) is 0 Å². The highest BCUT2D eigenvalue weighted by Crippen LogP contribution is 2.35. The van der Waals surface area contributed by atoms with E-state index in [-0.39, 0.29) is 0 Å². The van der Waals surface area contributed by atoms with E-state index in [1.165, 1.54) is 6.20 Å². The van der Waals surface area contributed by atoms with Gasteiger partial charge in [0.25, 0.3) is 0 Å². The van der Waals surface area contributed by atoms with Crippen molar-refractivity contribution in [2.45, 2.75) is 24.5 Å². The first kappa shape index (κ1) is 9.64. The number of nitrogens with zero attached hydrogens (tertiary/aromatic N) is 2. The Morgan fingerprint density at radius 3 is 3.00 bits per heavy atom. The highest BCUT2D eigenvalue weighted by Gasteiger charge is 2.33. The lowest BCUT2D eigenvalue weighted by Gasteiger charge is -2.18. The van der Waals surface area contributed by atoms with Crippen molar-refractivity contribution in [1.82, 2.24) is 9.78 Å². The maximum atomic E-state index is 12.9. The molecule has 0 saturated heterocycles. The van der Waals surface area contributed by atoms with Gasteiger partial charge in [-0.05, 0) is 19.3 Å². The Kier molecular flexibility index (Phi) is 2.10. The number of aromatic nitrogens is 2. The minimum atomic E-state index is -4.48. The van der Waals surface area contributed by atoms with E-state index >= 15 is 0 Å². The van der Waals surface area contributed by atoms with Crippen molar-refractivity contribution in [3.63, 3.8) is 0 Å². The Balaban J connectivity index is 2.52. The topological polar surface area (TPSA) is 52.0 Å². The fourth-order valence-corrected chi connectivity index (χ4v) is 2.91. The molecule has 4 nitrogen and oxygen atoms in total. The second kappa shape index (κ2) is 3.05. The highest BCUT2D eigenvalue weighted by molar-refractivity contribution is 7.86. The maximum Gasteiger partial charge on any atom is 0.309 e. The smallest absolute Gasteiger partial charge is 0.272 e. The molecule has 6 heteroatoms. The van der Waals surface area contributed by atoms with E-state index in [1.54, 1.807) is 11.7 Å². The van der Waals surface area contributed by atoms with Crippen LogP contribution in [0.15, 0.2) is 6.20 Å². The van der Waals surface area contributed by atoms with Crippen LogP contribution in [0, 0.1) is 0 Å². The molecule has 1 aromatic heterocycles. The molecule has 0 aromatic carbocycles. The highest BCUT2D eigenvalue weighted by atomic mass is 32.3. The summed E-state index contributed by atoms with van der Waals surface area (Å²) in [4.78, 5) is 0. The zero-order chi connectivity index (χ0) is 10.3. The molecule has 1 aromatic rings. The van der Waals surface area contributed by atoms with E-state index in [0.717, 1.165) is 12.1 Å². The Bertz CT molecular complexity index is 452. The molecule has 2 rings (SSSR count). The number of rotatable bonds is 1. The quantitative estimate of drug-likeness (QED) is 0.663. The molecule has 1 aliphatic carbocycles. The van der Waals surface area contributed by atoms with Gasteiger partial charge in [0, 0.05) is 18.3 Å². The SMILES string of the molecule is Cn1ncc2c1CCCC2S(=O)(=O)F. The summed E-state index contributed by atoms with van der Waals surface area (Å²) < 4.78 is 36.2. The van der Waals surface area contributed by atoms with Gasteiger partial charge in [0.15, 0.2) is 0 Å². The lowest BCUT2D eigenvalue weighted by atomic mass is 9.98. The lowest BCUT2D eigenvalue weighted by molar-refractivity contribution is 0.514.